The maximum Gasteiger partial charge on any atom is 0.328 e. The fourth-order valence-electron chi connectivity index (χ4n) is 1.97. The van der Waals surface area contributed by atoms with Crippen LogP contribution >= 0.6 is 0 Å². The van der Waals surface area contributed by atoms with Gasteiger partial charge in [0.05, 0.1) is 24.9 Å². The summed E-state index contributed by atoms with van der Waals surface area (Å²) in [5, 5.41) is 16.5. The highest BCUT2D eigenvalue weighted by molar-refractivity contribution is 5.85. The van der Waals surface area contributed by atoms with Crippen LogP contribution in [0.25, 0.3) is 10.9 Å². The number of hydrogen-bond acceptors (Lipinski definition) is 4. The van der Waals surface area contributed by atoms with Crippen molar-refractivity contribution >= 4 is 22.8 Å². The maximum absolute atomic E-state index is 12.0. The minimum absolute atomic E-state index is 0.0568. The summed E-state index contributed by atoms with van der Waals surface area (Å²) in [6.07, 6.45) is 3.17. The summed E-state index contributed by atoms with van der Waals surface area (Å²) < 4.78 is 6.60. The van der Waals surface area contributed by atoms with Gasteiger partial charge in [-0.3, -0.25) is 9.48 Å². The van der Waals surface area contributed by atoms with Gasteiger partial charge in [-0.2, -0.15) is 5.10 Å². The Kier molecular flexibility index (Phi) is 5.26. The Morgan fingerprint density at radius 1 is 1.45 bits per heavy atom. The van der Waals surface area contributed by atoms with E-state index in [9.17, 15) is 9.59 Å². The lowest BCUT2D eigenvalue weighted by Gasteiger charge is -2.14. The van der Waals surface area contributed by atoms with E-state index in [1.165, 1.54) is 10.8 Å². The minimum atomic E-state index is -1.15. The first kappa shape index (κ1) is 15.7. The molecular weight excluding hydrogens is 286 g/mol. The Hall–Kier alpha value is -2.67. The van der Waals surface area contributed by atoms with Gasteiger partial charge in [0.2, 0.25) is 5.91 Å². The van der Waals surface area contributed by atoms with Crippen LogP contribution in [0.5, 0.6) is 0 Å². The number of aliphatic carboxylic acids is 1. The van der Waals surface area contributed by atoms with Gasteiger partial charge in [-0.25, -0.2) is 4.79 Å². The number of para-hydroxylation sites is 1. The molecule has 2 N–H and O–H groups in total. The zero-order valence-electron chi connectivity index (χ0n) is 11.9. The van der Waals surface area contributed by atoms with Gasteiger partial charge < -0.3 is 15.2 Å². The molecule has 1 aromatic heterocycles. The van der Waals surface area contributed by atoms with Crippen LogP contribution < -0.4 is 5.32 Å². The predicted octanol–water partition coefficient (Wildman–Crippen LogP) is 0.808. The second kappa shape index (κ2) is 7.37. The summed E-state index contributed by atoms with van der Waals surface area (Å²) in [5.41, 5.74) is 0.812. The van der Waals surface area contributed by atoms with Crippen molar-refractivity contribution in [3.8, 4) is 0 Å². The van der Waals surface area contributed by atoms with Crippen LogP contribution in [0.2, 0.25) is 0 Å². The highest BCUT2D eigenvalue weighted by Crippen LogP contribution is 2.12. The first-order chi connectivity index (χ1) is 10.6. The third kappa shape index (κ3) is 3.92. The van der Waals surface area contributed by atoms with Crippen molar-refractivity contribution < 1.29 is 19.4 Å². The van der Waals surface area contributed by atoms with E-state index in [2.05, 4.69) is 17.0 Å². The molecule has 0 radical (unpaired) electrons. The van der Waals surface area contributed by atoms with Crippen LogP contribution in [0.3, 0.4) is 0 Å². The van der Waals surface area contributed by atoms with E-state index >= 15 is 0 Å². The average molecular weight is 303 g/mol. The van der Waals surface area contributed by atoms with Gasteiger partial charge in [0.25, 0.3) is 0 Å². The third-order valence-electron chi connectivity index (χ3n) is 3.00. The molecule has 1 aromatic carbocycles. The first-order valence-electron chi connectivity index (χ1n) is 6.73. The average Bonchev–Trinajstić information content (AvgIpc) is 2.89. The molecule has 1 heterocycles. The van der Waals surface area contributed by atoms with Crippen molar-refractivity contribution in [2.45, 2.75) is 12.6 Å². The molecule has 0 aliphatic carbocycles. The zero-order valence-corrected chi connectivity index (χ0v) is 11.9. The molecule has 1 atom stereocenters. The number of nitrogens with zero attached hydrogens (tertiary/aromatic N) is 2. The molecule has 7 heteroatoms. The van der Waals surface area contributed by atoms with Crippen LogP contribution in [0.1, 0.15) is 0 Å². The number of hydrogen-bond donors (Lipinski definition) is 2. The smallest absolute Gasteiger partial charge is 0.328 e. The topological polar surface area (TPSA) is 93.5 Å². The van der Waals surface area contributed by atoms with Gasteiger partial charge in [-0.15, -0.1) is 6.58 Å². The van der Waals surface area contributed by atoms with E-state index in [1.807, 2.05) is 24.3 Å². The number of carboxylic acid groups (broad SMARTS) is 1. The second-order valence-corrected chi connectivity index (χ2v) is 4.65. The van der Waals surface area contributed by atoms with E-state index in [-0.39, 0.29) is 19.8 Å². The molecule has 1 unspecified atom stereocenters. The number of carbonyl (C=O) groups is 2. The monoisotopic (exact) mass is 303 g/mol. The molecule has 0 bridgehead atoms. The molecule has 1 amide bonds. The molecule has 0 saturated carbocycles. The quantitative estimate of drug-likeness (QED) is 0.556. The molecule has 116 valence electrons. The van der Waals surface area contributed by atoms with Crippen molar-refractivity contribution in [3.63, 3.8) is 0 Å². The standard InChI is InChI=1S/C15H17N3O4/c1-2-7-22-10-12(15(20)21)17-14(19)9-18-13-6-4-3-5-11(13)8-16-18/h2-6,8,12H,1,7,9-10H2,(H,17,19)(H,20,21). The molecule has 0 saturated heterocycles. The summed E-state index contributed by atoms with van der Waals surface area (Å²) >= 11 is 0. The van der Waals surface area contributed by atoms with Gasteiger partial charge in [-0.1, -0.05) is 24.3 Å². The van der Waals surface area contributed by atoms with Crippen LogP contribution in [0.4, 0.5) is 0 Å². The highest BCUT2D eigenvalue weighted by atomic mass is 16.5. The molecule has 2 aromatic rings. The molecule has 2 rings (SSSR count). The normalized spacial score (nSPS) is 12.0. The number of fused-ring (bicyclic) bond motifs is 1. The Labute approximate surface area is 127 Å². The second-order valence-electron chi connectivity index (χ2n) is 4.65. The van der Waals surface area contributed by atoms with Gasteiger partial charge in [-0.05, 0) is 6.07 Å². The number of amides is 1. The fourth-order valence-corrected chi connectivity index (χ4v) is 1.97. The van der Waals surface area contributed by atoms with E-state index in [1.54, 1.807) is 6.20 Å². The maximum atomic E-state index is 12.0. The molecule has 0 aliphatic rings. The fraction of sp³-hybridized carbons (Fsp3) is 0.267. The van der Waals surface area contributed by atoms with Gasteiger partial charge in [0, 0.05) is 5.39 Å². The predicted molar refractivity (Wildman–Crippen MR) is 80.3 cm³/mol. The molecular formula is C15H17N3O4. The summed E-state index contributed by atoms with van der Waals surface area (Å²) in [4.78, 5) is 23.1. The van der Waals surface area contributed by atoms with Crippen LogP contribution in [0.15, 0.2) is 43.1 Å². The summed E-state index contributed by atoms with van der Waals surface area (Å²) in [5.74, 6) is -1.59. The Bertz CT molecular complexity index is 680. The lowest BCUT2D eigenvalue weighted by atomic mass is 10.2. The Morgan fingerprint density at radius 2 is 2.23 bits per heavy atom. The molecule has 0 spiro atoms. The van der Waals surface area contributed by atoms with E-state index < -0.39 is 17.9 Å². The largest absolute Gasteiger partial charge is 0.480 e. The number of nitrogens with one attached hydrogen (secondary N) is 1. The van der Waals surface area contributed by atoms with E-state index in [0.717, 1.165) is 10.9 Å². The Balaban J connectivity index is 1.98. The number of carboxylic acids is 1. The van der Waals surface area contributed by atoms with Crippen molar-refractivity contribution in [2.24, 2.45) is 0 Å². The van der Waals surface area contributed by atoms with Crippen LogP contribution in [0, 0.1) is 0 Å². The SMILES string of the molecule is C=CCOCC(NC(=O)Cn1ncc2ccccc21)C(=O)O. The van der Waals surface area contributed by atoms with Gasteiger partial charge >= 0.3 is 5.97 Å². The first-order valence-corrected chi connectivity index (χ1v) is 6.73. The zero-order chi connectivity index (χ0) is 15.9. The van der Waals surface area contributed by atoms with E-state index in [4.69, 9.17) is 9.84 Å². The summed E-state index contributed by atoms with van der Waals surface area (Å²) in [7, 11) is 0. The van der Waals surface area contributed by atoms with Crippen molar-refractivity contribution in [1.82, 2.24) is 15.1 Å². The van der Waals surface area contributed by atoms with Gasteiger partial charge in [0.15, 0.2) is 6.04 Å². The van der Waals surface area contributed by atoms with E-state index in [0.29, 0.717) is 0 Å². The highest BCUT2D eigenvalue weighted by Gasteiger charge is 2.20. The number of rotatable bonds is 8. The number of aromatic nitrogens is 2. The third-order valence-corrected chi connectivity index (χ3v) is 3.00. The lowest BCUT2D eigenvalue weighted by Crippen LogP contribution is -2.45. The van der Waals surface area contributed by atoms with Gasteiger partial charge in [0.1, 0.15) is 6.54 Å². The molecule has 7 nitrogen and oxygen atoms in total. The Morgan fingerprint density at radius 3 is 2.95 bits per heavy atom. The summed E-state index contributed by atoms with van der Waals surface area (Å²) in [6, 6.07) is 6.36. The number of carbonyl (C=O) groups excluding carboxylic acids is 1. The van der Waals surface area contributed by atoms with Crippen molar-refractivity contribution in [3.05, 3.63) is 43.1 Å². The number of ether oxygens (including phenoxy) is 1. The van der Waals surface area contributed by atoms with Crippen molar-refractivity contribution in [1.29, 1.82) is 0 Å². The molecule has 0 fully saturated rings. The number of benzene rings is 1. The van der Waals surface area contributed by atoms with Crippen molar-refractivity contribution in [2.75, 3.05) is 13.2 Å². The minimum Gasteiger partial charge on any atom is -0.480 e. The molecule has 22 heavy (non-hydrogen) atoms. The molecule has 0 aliphatic heterocycles. The summed E-state index contributed by atoms with van der Waals surface area (Å²) in [6.45, 7) is 3.52. The van der Waals surface area contributed by atoms with Crippen LogP contribution in [-0.2, 0) is 20.9 Å². The van der Waals surface area contributed by atoms with Crippen LogP contribution in [-0.4, -0.2) is 46.0 Å². The lowest BCUT2D eigenvalue weighted by molar-refractivity contribution is -0.143.